The van der Waals surface area contributed by atoms with Crippen molar-refractivity contribution >= 4 is 11.9 Å². The van der Waals surface area contributed by atoms with Crippen molar-refractivity contribution in [2.24, 2.45) is 0 Å². The second-order valence-corrected chi connectivity index (χ2v) is 9.77. The predicted molar refractivity (Wildman–Crippen MR) is 129 cm³/mol. The smallest absolute Gasteiger partial charge is 0.364 e. The molecule has 1 unspecified atom stereocenters. The summed E-state index contributed by atoms with van der Waals surface area (Å²) < 4.78 is 5.09. The number of carbonyl (C=O) groups is 2. The van der Waals surface area contributed by atoms with E-state index in [9.17, 15) is 35.1 Å². The number of aliphatic hydroxyl groups excluding tert-OH is 4. The van der Waals surface area contributed by atoms with Gasteiger partial charge in [-0.2, -0.15) is 0 Å². The number of amides is 1. The third-order valence-corrected chi connectivity index (χ3v) is 6.67. The van der Waals surface area contributed by atoms with Crippen molar-refractivity contribution in [3.05, 3.63) is 0 Å². The molecule has 0 saturated carbocycles. The Morgan fingerprint density at radius 3 is 1.89 bits per heavy atom. The number of hydrogen-bond donors (Lipinski definition) is 7. The highest BCUT2D eigenvalue weighted by molar-refractivity contribution is 5.77. The normalized spacial score (nSPS) is 26.3. The average Bonchev–Trinajstić information content (AvgIpc) is 2.82. The second kappa shape index (κ2) is 17.2. The zero-order chi connectivity index (χ0) is 26.3. The number of ether oxygens (including phenoxy) is 1. The van der Waals surface area contributed by atoms with E-state index in [0.717, 1.165) is 19.3 Å². The first kappa shape index (κ1) is 31.7. The predicted octanol–water partition coefficient (Wildman–Crippen LogP) is 1.59. The number of rotatable bonds is 19. The van der Waals surface area contributed by atoms with Crippen molar-refractivity contribution in [2.45, 2.75) is 139 Å². The lowest BCUT2D eigenvalue weighted by Gasteiger charge is -2.44. The molecule has 1 heterocycles. The van der Waals surface area contributed by atoms with E-state index in [4.69, 9.17) is 9.84 Å². The molecule has 1 fully saturated rings. The fraction of sp³-hybridized carbons (Fsp3) is 0.920. The Kier molecular flexibility index (Phi) is 15.6. The van der Waals surface area contributed by atoms with Gasteiger partial charge in [0.1, 0.15) is 18.3 Å². The van der Waals surface area contributed by atoms with E-state index in [1.54, 1.807) is 0 Å². The minimum Gasteiger partial charge on any atom is -0.477 e. The summed E-state index contributed by atoms with van der Waals surface area (Å²) in [5.74, 6) is -4.99. The van der Waals surface area contributed by atoms with E-state index in [-0.39, 0.29) is 6.42 Å². The molecule has 35 heavy (non-hydrogen) atoms. The molecule has 6 atom stereocenters. The standard InChI is InChI=1S/C25H47NO9/c1-2-3-4-5-6-7-8-9-10-11-12-13-14-15-20(30)26-21-18(28)16-25(34,24(32)33)35-23(21)22(31)19(29)17-27/h18-19,21-23,27-29,31,34H,2-17H2,1H3,(H,26,30)(H,32,33)/t18-,19+,21+,22+,23+,25?/m0/s1. The molecule has 1 aliphatic heterocycles. The highest BCUT2D eigenvalue weighted by Gasteiger charge is 2.53. The van der Waals surface area contributed by atoms with E-state index < -0.39 is 61.1 Å². The van der Waals surface area contributed by atoms with Gasteiger partial charge in [-0.1, -0.05) is 84.0 Å². The Hall–Kier alpha value is -1.30. The van der Waals surface area contributed by atoms with E-state index >= 15 is 0 Å². The average molecular weight is 506 g/mol. The van der Waals surface area contributed by atoms with Crippen molar-refractivity contribution in [1.29, 1.82) is 0 Å². The van der Waals surface area contributed by atoms with Crippen LogP contribution in [0.4, 0.5) is 0 Å². The van der Waals surface area contributed by atoms with Gasteiger partial charge in [-0.25, -0.2) is 4.79 Å². The second-order valence-electron chi connectivity index (χ2n) is 9.77. The van der Waals surface area contributed by atoms with Crippen LogP contribution in [0.5, 0.6) is 0 Å². The molecular weight excluding hydrogens is 458 g/mol. The lowest BCUT2D eigenvalue weighted by molar-refractivity contribution is -0.295. The summed E-state index contributed by atoms with van der Waals surface area (Å²) >= 11 is 0. The molecule has 1 aliphatic rings. The van der Waals surface area contributed by atoms with Gasteiger partial charge in [-0.15, -0.1) is 0 Å². The van der Waals surface area contributed by atoms with Crippen LogP contribution in [0.25, 0.3) is 0 Å². The SMILES string of the molecule is CCCCCCCCCCCCCCCC(=O)N[C@H]1[C@H]([C@H](O)[C@H](O)CO)OC(O)(C(=O)O)C[C@@H]1O. The first-order valence-electron chi connectivity index (χ1n) is 13.2. The maximum atomic E-state index is 12.4. The van der Waals surface area contributed by atoms with Gasteiger partial charge in [0.05, 0.1) is 18.8 Å². The van der Waals surface area contributed by atoms with Gasteiger partial charge in [0.15, 0.2) is 0 Å². The van der Waals surface area contributed by atoms with Gasteiger partial charge in [0.25, 0.3) is 5.79 Å². The first-order valence-corrected chi connectivity index (χ1v) is 13.2. The van der Waals surface area contributed by atoms with E-state index in [1.165, 1.54) is 57.8 Å². The van der Waals surface area contributed by atoms with Crippen LogP contribution < -0.4 is 5.32 Å². The zero-order valence-electron chi connectivity index (χ0n) is 21.1. The minimum absolute atomic E-state index is 0.176. The van der Waals surface area contributed by atoms with Crippen LogP contribution in [0, 0.1) is 0 Å². The molecule has 10 nitrogen and oxygen atoms in total. The summed E-state index contributed by atoms with van der Waals surface area (Å²) in [4.78, 5) is 23.8. The lowest BCUT2D eigenvalue weighted by Crippen LogP contribution is -2.67. The van der Waals surface area contributed by atoms with E-state index in [2.05, 4.69) is 12.2 Å². The fourth-order valence-corrected chi connectivity index (χ4v) is 4.46. The quantitative estimate of drug-likeness (QED) is 0.128. The van der Waals surface area contributed by atoms with Gasteiger partial charge in [0, 0.05) is 12.8 Å². The minimum atomic E-state index is -2.80. The number of carboxylic acids is 1. The van der Waals surface area contributed by atoms with Crippen LogP contribution in [0.3, 0.4) is 0 Å². The fourth-order valence-electron chi connectivity index (χ4n) is 4.46. The summed E-state index contributed by atoms with van der Waals surface area (Å²) in [6.07, 6.45) is 7.94. The first-order chi connectivity index (χ1) is 16.7. The van der Waals surface area contributed by atoms with Crippen LogP contribution in [0.15, 0.2) is 0 Å². The van der Waals surface area contributed by atoms with Crippen LogP contribution in [0.1, 0.15) is 103 Å². The molecule has 10 heteroatoms. The topological polar surface area (TPSA) is 177 Å². The summed E-state index contributed by atoms with van der Waals surface area (Å²) in [7, 11) is 0. The number of carboxylic acid groups (broad SMARTS) is 1. The van der Waals surface area contributed by atoms with E-state index in [1.807, 2.05) is 0 Å². The number of aliphatic carboxylic acids is 1. The van der Waals surface area contributed by atoms with Crippen molar-refractivity contribution in [3.63, 3.8) is 0 Å². The van der Waals surface area contributed by atoms with Crippen molar-refractivity contribution in [3.8, 4) is 0 Å². The highest BCUT2D eigenvalue weighted by Crippen LogP contribution is 2.30. The molecule has 0 aromatic rings. The Bertz CT molecular complexity index is 605. The molecule has 1 saturated heterocycles. The van der Waals surface area contributed by atoms with Gasteiger partial charge in [-0.3, -0.25) is 4.79 Å². The maximum absolute atomic E-state index is 12.4. The molecule has 0 aromatic heterocycles. The van der Waals surface area contributed by atoms with E-state index in [0.29, 0.717) is 6.42 Å². The maximum Gasteiger partial charge on any atom is 0.364 e. The molecule has 1 amide bonds. The number of unbranched alkanes of at least 4 members (excludes halogenated alkanes) is 12. The molecule has 0 aromatic carbocycles. The van der Waals surface area contributed by atoms with Gasteiger partial charge in [-0.05, 0) is 6.42 Å². The number of aliphatic hydroxyl groups is 5. The number of nitrogens with one attached hydrogen (secondary N) is 1. The third-order valence-electron chi connectivity index (χ3n) is 6.67. The molecule has 1 rings (SSSR count). The summed E-state index contributed by atoms with van der Waals surface area (Å²) in [5.41, 5.74) is 0. The van der Waals surface area contributed by atoms with Crippen LogP contribution in [-0.4, -0.2) is 85.4 Å². The molecule has 0 spiro atoms. The molecule has 0 radical (unpaired) electrons. The van der Waals surface area contributed by atoms with Crippen LogP contribution in [-0.2, 0) is 14.3 Å². The molecule has 7 N–H and O–H groups in total. The van der Waals surface area contributed by atoms with Gasteiger partial charge in [0.2, 0.25) is 5.91 Å². The van der Waals surface area contributed by atoms with Gasteiger partial charge < -0.3 is 40.7 Å². The molecule has 0 aliphatic carbocycles. The lowest BCUT2D eigenvalue weighted by atomic mass is 9.88. The van der Waals surface area contributed by atoms with Crippen molar-refractivity contribution < 1.29 is 45.0 Å². The highest BCUT2D eigenvalue weighted by atomic mass is 16.7. The molecule has 0 bridgehead atoms. The largest absolute Gasteiger partial charge is 0.477 e. The Morgan fingerprint density at radius 2 is 1.43 bits per heavy atom. The van der Waals surface area contributed by atoms with Crippen molar-refractivity contribution in [1.82, 2.24) is 5.32 Å². The zero-order valence-corrected chi connectivity index (χ0v) is 21.1. The summed E-state index contributed by atoms with van der Waals surface area (Å²) in [5, 5.41) is 61.4. The molecule has 206 valence electrons. The Labute approximate surface area is 208 Å². The molecular formula is C25H47NO9. The Balaban J connectivity index is 2.34. The van der Waals surface area contributed by atoms with Crippen molar-refractivity contribution in [2.75, 3.05) is 6.61 Å². The monoisotopic (exact) mass is 505 g/mol. The summed E-state index contributed by atoms with van der Waals surface area (Å²) in [6.45, 7) is 1.36. The van der Waals surface area contributed by atoms with Crippen LogP contribution >= 0.6 is 0 Å². The van der Waals surface area contributed by atoms with Gasteiger partial charge >= 0.3 is 5.97 Å². The number of carbonyl (C=O) groups excluding carboxylic acids is 1. The Morgan fingerprint density at radius 1 is 0.943 bits per heavy atom. The third kappa shape index (κ3) is 11.5. The summed E-state index contributed by atoms with van der Waals surface area (Å²) in [6, 6.07) is -1.26. The number of hydrogen-bond acceptors (Lipinski definition) is 8. The van der Waals surface area contributed by atoms with Crippen LogP contribution in [0.2, 0.25) is 0 Å².